The number of carboxylic acid groups (broad SMARTS) is 1. The van der Waals surface area contributed by atoms with Crippen molar-refractivity contribution in [3.8, 4) is 5.75 Å². The molecule has 0 aliphatic rings. The van der Waals surface area contributed by atoms with Crippen LogP contribution in [0.15, 0.2) is 24.3 Å². The molecule has 0 atom stereocenters. The molecule has 1 N–H and O–H groups in total. The molecule has 0 amide bonds. The molecule has 0 spiro atoms. The molecule has 88 valence electrons. The second-order valence-corrected chi connectivity index (χ2v) is 4.31. The molecule has 0 radical (unpaired) electrons. The Bertz CT molecular complexity index is 544. The zero-order valence-electron chi connectivity index (χ0n) is 8.46. The van der Waals surface area contributed by atoms with E-state index in [4.69, 9.17) is 21.4 Å². The number of hydrogen-bond acceptors (Lipinski definition) is 5. The van der Waals surface area contributed by atoms with Crippen LogP contribution < -0.4 is 4.74 Å². The summed E-state index contributed by atoms with van der Waals surface area (Å²) in [4.78, 5) is 11.2. The molecule has 7 heteroatoms. The van der Waals surface area contributed by atoms with Crippen molar-refractivity contribution in [3.05, 3.63) is 39.9 Å². The summed E-state index contributed by atoms with van der Waals surface area (Å²) >= 11 is 6.89. The molecule has 17 heavy (non-hydrogen) atoms. The molecule has 1 aromatic carbocycles. The van der Waals surface area contributed by atoms with Crippen molar-refractivity contribution in [2.45, 2.75) is 6.61 Å². The highest BCUT2D eigenvalue weighted by molar-refractivity contribution is 7.05. The van der Waals surface area contributed by atoms with E-state index in [1.165, 1.54) is 0 Å². The predicted octanol–water partition coefficient (Wildman–Crippen LogP) is 2.47. The van der Waals surface area contributed by atoms with Gasteiger partial charge in [-0.05, 0) is 23.7 Å². The second kappa shape index (κ2) is 5.11. The number of aromatic nitrogens is 2. The van der Waals surface area contributed by atoms with Crippen molar-refractivity contribution in [2.24, 2.45) is 0 Å². The summed E-state index contributed by atoms with van der Waals surface area (Å²) in [5.41, 5.74) is -0.0814. The minimum atomic E-state index is -1.11. The standard InChI is InChI=1S/C10H7ClN2O3S/c11-6-3-1-2-4-7(6)16-5-8-9(10(14)15)12-13-17-8/h1-4H,5H2,(H,14,15). The molecular formula is C10H7ClN2O3S. The molecule has 0 aliphatic carbocycles. The van der Waals surface area contributed by atoms with Crippen LogP contribution in [0.2, 0.25) is 5.02 Å². The highest BCUT2D eigenvalue weighted by atomic mass is 35.5. The monoisotopic (exact) mass is 270 g/mol. The zero-order chi connectivity index (χ0) is 12.3. The zero-order valence-corrected chi connectivity index (χ0v) is 10.0. The Morgan fingerprint density at radius 3 is 2.94 bits per heavy atom. The van der Waals surface area contributed by atoms with E-state index >= 15 is 0 Å². The highest BCUT2D eigenvalue weighted by Crippen LogP contribution is 2.24. The number of para-hydroxylation sites is 1. The van der Waals surface area contributed by atoms with E-state index in [-0.39, 0.29) is 12.3 Å². The first kappa shape index (κ1) is 11.8. The van der Waals surface area contributed by atoms with Gasteiger partial charge in [-0.15, -0.1) is 5.10 Å². The fourth-order valence-electron chi connectivity index (χ4n) is 1.17. The van der Waals surface area contributed by atoms with Crippen molar-refractivity contribution in [1.82, 2.24) is 9.59 Å². The Morgan fingerprint density at radius 2 is 2.24 bits per heavy atom. The Labute approximate surface area is 106 Å². The number of carbonyl (C=O) groups is 1. The number of aromatic carboxylic acids is 1. The van der Waals surface area contributed by atoms with E-state index in [0.29, 0.717) is 15.6 Å². The van der Waals surface area contributed by atoms with Gasteiger partial charge < -0.3 is 9.84 Å². The van der Waals surface area contributed by atoms with E-state index in [1.807, 2.05) is 0 Å². The number of benzene rings is 1. The Hall–Kier alpha value is -1.66. The van der Waals surface area contributed by atoms with Crippen LogP contribution in [0.25, 0.3) is 0 Å². The molecule has 2 aromatic rings. The minimum absolute atomic E-state index is 0.0814. The van der Waals surface area contributed by atoms with E-state index in [2.05, 4.69) is 9.59 Å². The Kier molecular flexibility index (Phi) is 3.55. The van der Waals surface area contributed by atoms with Gasteiger partial charge >= 0.3 is 5.97 Å². The summed E-state index contributed by atoms with van der Waals surface area (Å²) in [7, 11) is 0. The number of halogens is 1. The first-order chi connectivity index (χ1) is 8.18. The van der Waals surface area contributed by atoms with Crippen LogP contribution in [0, 0.1) is 0 Å². The largest absolute Gasteiger partial charge is 0.486 e. The van der Waals surface area contributed by atoms with Gasteiger partial charge in [-0.25, -0.2) is 4.79 Å². The third-order valence-corrected chi connectivity index (χ3v) is 2.96. The van der Waals surface area contributed by atoms with Crippen molar-refractivity contribution in [1.29, 1.82) is 0 Å². The molecule has 0 bridgehead atoms. The van der Waals surface area contributed by atoms with Gasteiger partial charge in [0.2, 0.25) is 0 Å². The SMILES string of the molecule is O=C(O)c1nnsc1COc1ccccc1Cl. The quantitative estimate of drug-likeness (QED) is 0.924. The predicted molar refractivity (Wildman–Crippen MR) is 62.7 cm³/mol. The Morgan fingerprint density at radius 1 is 1.47 bits per heavy atom. The van der Waals surface area contributed by atoms with Crippen LogP contribution in [-0.4, -0.2) is 20.7 Å². The van der Waals surface area contributed by atoms with Gasteiger partial charge in [0.05, 0.1) is 9.90 Å². The van der Waals surface area contributed by atoms with Crippen LogP contribution >= 0.6 is 23.1 Å². The third-order valence-electron chi connectivity index (χ3n) is 1.95. The molecule has 0 saturated carbocycles. The average Bonchev–Trinajstić information content (AvgIpc) is 2.76. The maximum absolute atomic E-state index is 10.8. The fourth-order valence-corrected chi connectivity index (χ4v) is 1.91. The molecule has 0 saturated heterocycles. The van der Waals surface area contributed by atoms with E-state index < -0.39 is 5.97 Å². The third kappa shape index (κ3) is 2.72. The van der Waals surface area contributed by atoms with Crippen LogP contribution in [0.4, 0.5) is 0 Å². The van der Waals surface area contributed by atoms with Gasteiger partial charge in [0.1, 0.15) is 12.4 Å². The molecule has 2 rings (SSSR count). The highest BCUT2D eigenvalue weighted by Gasteiger charge is 2.15. The average molecular weight is 271 g/mol. The number of hydrogen-bond donors (Lipinski definition) is 1. The van der Waals surface area contributed by atoms with Crippen molar-refractivity contribution < 1.29 is 14.6 Å². The normalized spacial score (nSPS) is 10.2. The van der Waals surface area contributed by atoms with Gasteiger partial charge in [-0.1, -0.05) is 28.2 Å². The van der Waals surface area contributed by atoms with Gasteiger partial charge in [-0.2, -0.15) is 0 Å². The van der Waals surface area contributed by atoms with Crippen molar-refractivity contribution >= 4 is 29.1 Å². The maximum atomic E-state index is 10.8. The molecule has 0 unspecified atom stereocenters. The van der Waals surface area contributed by atoms with Gasteiger partial charge in [-0.3, -0.25) is 0 Å². The lowest BCUT2D eigenvalue weighted by Gasteiger charge is -2.05. The maximum Gasteiger partial charge on any atom is 0.357 e. The van der Waals surface area contributed by atoms with E-state index in [0.717, 1.165) is 11.5 Å². The first-order valence-corrected chi connectivity index (χ1v) is 5.75. The summed E-state index contributed by atoms with van der Waals surface area (Å²) in [6.45, 7) is 0.0863. The summed E-state index contributed by atoms with van der Waals surface area (Å²) in [6.07, 6.45) is 0. The Balaban J connectivity index is 2.10. The fraction of sp³-hybridized carbons (Fsp3) is 0.100. The summed E-state index contributed by atoms with van der Waals surface area (Å²) in [5, 5.41) is 12.8. The minimum Gasteiger partial charge on any atom is -0.486 e. The topological polar surface area (TPSA) is 72.3 Å². The van der Waals surface area contributed by atoms with Gasteiger partial charge in [0.25, 0.3) is 0 Å². The van der Waals surface area contributed by atoms with Crippen molar-refractivity contribution in [2.75, 3.05) is 0 Å². The number of rotatable bonds is 4. The van der Waals surface area contributed by atoms with Crippen LogP contribution in [-0.2, 0) is 6.61 Å². The second-order valence-electron chi connectivity index (χ2n) is 3.07. The number of ether oxygens (including phenoxy) is 1. The molecule has 1 heterocycles. The molecule has 1 aromatic heterocycles. The molecule has 5 nitrogen and oxygen atoms in total. The van der Waals surface area contributed by atoms with Gasteiger partial charge in [0, 0.05) is 0 Å². The summed E-state index contributed by atoms with van der Waals surface area (Å²) < 4.78 is 8.98. The number of carboxylic acids is 1. The summed E-state index contributed by atoms with van der Waals surface area (Å²) in [6, 6.07) is 6.97. The van der Waals surface area contributed by atoms with Gasteiger partial charge in [0.15, 0.2) is 5.69 Å². The summed E-state index contributed by atoms with van der Waals surface area (Å²) in [5.74, 6) is -0.615. The van der Waals surface area contributed by atoms with Crippen LogP contribution in [0.3, 0.4) is 0 Å². The number of nitrogens with zero attached hydrogens (tertiary/aromatic N) is 2. The molecular weight excluding hydrogens is 264 g/mol. The van der Waals surface area contributed by atoms with E-state index in [1.54, 1.807) is 24.3 Å². The molecule has 0 aliphatic heterocycles. The lowest BCUT2D eigenvalue weighted by Crippen LogP contribution is -2.03. The van der Waals surface area contributed by atoms with Crippen LogP contribution in [0.1, 0.15) is 15.4 Å². The van der Waals surface area contributed by atoms with Crippen LogP contribution in [0.5, 0.6) is 5.75 Å². The lowest BCUT2D eigenvalue weighted by atomic mass is 10.3. The first-order valence-electron chi connectivity index (χ1n) is 4.60. The lowest BCUT2D eigenvalue weighted by molar-refractivity contribution is 0.0687. The van der Waals surface area contributed by atoms with Crippen molar-refractivity contribution in [3.63, 3.8) is 0 Å². The molecule has 0 fully saturated rings. The van der Waals surface area contributed by atoms with E-state index in [9.17, 15) is 4.79 Å². The smallest absolute Gasteiger partial charge is 0.357 e.